The minimum atomic E-state index is -1.20. The summed E-state index contributed by atoms with van der Waals surface area (Å²) in [6, 6.07) is 0. The number of nitrogens with zero attached hydrogens (tertiary/aromatic N) is 1. The molecule has 0 bridgehead atoms. The van der Waals surface area contributed by atoms with Crippen LogP contribution in [0.5, 0.6) is 0 Å². The van der Waals surface area contributed by atoms with E-state index in [1.807, 2.05) is 0 Å². The molecule has 0 aromatic carbocycles. The van der Waals surface area contributed by atoms with Gasteiger partial charge in [-0.1, -0.05) is 0 Å². The van der Waals surface area contributed by atoms with Crippen LogP contribution < -0.4 is 4.89 Å². The Morgan fingerprint density at radius 1 is 1.29 bits per heavy atom. The SMILES string of the molecule is [O-][p+]1ccncc1. The highest BCUT2D eigenvalue weighted by Crippen LogP contribution is 2.09. The Balaban J connectivity index is 3.02. The van der Waals surface area contributed by atoms with E-state index in [1.165, 1.54) is 0 Å². The van der Waals surface area contributed by atoms with Gasteiger partial charge in [0, 0.05) is 0 Å². The highest BCUT2D eigenvalue weighted by Gasteiger charge is 1.79. The Kier molecular flexibility index (Phi) is 1.35. The molecule has 1 heterocycles. The quantitative estimate of drug-likeness (QED) is 0.490. The predicted octanol–water partition coefficient (Wildman–Crippen LogP) is 0.473. The Hall–Kier alpha value is -0.460. The van der Waals surface area contributed by atoms with Crippen molar-refractivity contribution in [2.75, 3.05) is 0 Å². The normalized spacial score (nSPS) is 8.71. The minimum Gasteiger partial charge on any atom is -0.626 e. The van der Waals surface area contributed by atoms with Crippen LogP contribution in [-0.2, 0) is 0 Å². The van der Waals surface area contributed by atoms with Crippen LogP contribution in [0.3, 0.4) is 0 Å². The molecule has 0 aliphatic rings. The molecule has 2 nitrogen and oxygen atoms in total. The molecule has 1 aromatic heterocycles. The molecule has 0 fully saturated rings. The smallest absolute Gasteiger partial charge is 0.127 e. The van der Waals surface area contributed by atoms with E-state index in [0.717, 1.165) is 0 Å². The van der Waals surface area contributed by atoms with Crippen molar-refractivity contribution in [2.45, 2.75) is 0 Å². The van der Waals surface area contributed by atoms with Gasteiger partial charge in [0.25, 0.3) is 0 Å². The molecule has 0 spiro atoms. The second-order valence-electron chi connectivity index (χ2n) is 1.11. The summed E-state index contributed by atoms with van der Waals surface area (Å²) in [5.41, 5.74) is 0. The van der Waals surface area contributed by atoms with Crippen LogP contribution in [0.15, 0.2) is 24.0 Å². The van der Waals surface area contributed by atoms with E-state index in [0.29, 0.717) is 0 Å². The number of aromatic nitrogens is 1. The molecule has 1 rings (SSSR count). The first kappa shape index (κ1) is 4.69. The molecule has 0 atom stereocenters. The molecule has 0 aliphatic heterocycles. The Labute approximate surface area is 42.6 Å². The molecule has 3 heteroatoms. The van der Waals surface area contributed by atoms with Crippen molar-refractivity contribution < 1.29 is 4.89 Å². The van der Waals surface area contributed by atoms with Gasteiger partial charge in [-0.25, -0.2) is 0 Å². The largest absolute Gasteiger partial charge is 0.626 e. The average molecular weight is 113 g/mol. The molecule has 7 heavy (non-hydrogen) atoms. The van der Waals surface area contributed by atoms with E-state index in [-0.39, 0.29) is 0 Å². The summed E-state index contributed by atoms with van der Waals surface area (Å²) in [6.45, 7) is 0. The lowest BCUT2D eigenvalue weighted by Gasteiger charge is -1.81. The standard InChI is InChI=1S/C4H4NOP/c6-7-3-1-5-2-4-7/h1-4H. The van der Waals surface area contributed by atoms with Gasteiger partial charge in [0.1, 0.15) is 11.6 Å². The number of rotatable bonds is 0. The first-order valence-electron chi connectivity index (χ1n) is 1.88. The summed E-state index contributed by atoms with van der Waals surface area (Å²) in [6.07, 6.45) is 3.08. The second-order valence-corrected chi connectivity index (χ2v) is 2.42. The van der Waals surface area contributed by atoms with Crippen molar-refractivity contribution in [3.63, 3.8) is 0 Å². The number of hydrogen-bond donors (Lipinski definition) is 0. The Bertz CT molecular complexity index is 142. The van der Waals surface area contributed by atoms with E-state index in [2.05, 4.69) is 4.98 Å². The molecule has 0 saturated heterocycles. The van der Waals surface area contributed by atoms with Crippen molar-refractivity contribution in [3.8, 4) is 0 Å². The van der Waals surface area contributed by atoms with Crippen LogP contribution in [0.1, 0.15) is 0 Å². The van der Waals surface area contributed by atoms with Gasteiger partial charge in [-0.3, -0.25) is 4.98 Å². The third kappa shape index (κ3) is 1.22. The van der Waals surface area contributed by atoms with Gasteiger partial charge in [-0.15, -0.1) is 0 Å². The van der Waals surface area contributed by atoms with E-state index in [1.54, 1.807) is 24.0 Å². The predicted molar refractivity (Wildman–Crippen MR) is 26.7 cm³/mol. The van der Waals surface area contributed by atoms with Crippen LogP contribution in [0, 0.1) is 0 Å². The van der Waals surface area contributed by atoms with E-state index in [4.69, 9.17) is 0 Å². The summed E-state index contributed by atoms with van der Waals surface area (Å²) in [4.78, 5) is 14.1. The van der Waals surface area contributed by atoms with Crippen molar-refractivity contribution in [2.24, 2.45) is 0 Å². The van der Waals surface area contributed by atoms with Crippen LogP contribution in [0.4, 0.5) is 0 Å². The van der Waals surface area contributed by atoms with E-state index >= 15 is 0 Å². The summed E-state index contributed by atoms with van der Waals surface area (Å²) < 4.78 is 0. The lowest BCUT2D eigenvalue weighted by atomic mass is 10.9. The van der Waals surface area contributed by atoms with Crippen molar-refractivity contribution in [1.82, 2.24) is 4.98 Å². The van der Waals surface area contributed by atoms with Crippen LogP contribution in [0.25, 0.3) is 0 Å². The van der Waals surface area contributed by atoms with Gasteiger partial charge in [0.15, 0.2) is 0 Å². The Morgan fingerprint density at radius 3 is 2.14 bits per heavy atom. The lowest BCUT2D eigenvalue weighted by molar-refractivity contribution is -0.150. The zero-order valence-corrected chi connectivity index (χ0v) is 4.51. The second kappa shape index (κ2) is 2.01. The molecule has 0 aliphatic carbocycles. The molecule has 0 radical (unpaired) electrons. The van der Waals surface area contributed by atoms with Gasteiger partial charge in [0.2, 0.25) is 0 Å². The molecular weight excluding hydrogens is 109 g/mol. The third-order valence-corrected chi connectivity index (χ3v) is 1.45. The average Bonchev–Trinajstić information content (AvgIpc) is 1.69. The number of hydrogen-bond acceptors (Lipinski definition) is 2. The van der Waals surface area contributed by atoms with Gasteiger partial charge >= 0.3 is 0 Å². The highest BCUT2D eigenvalue weighted by atomic mass is 31.1. The minimum absolute atomic E-state index is 1.20. The van der Waals surface area contributed by atoms with Crippen molar-refractivity contribution in [3.05, 3.63) is 24.0 Å². The maximum Gasteiger partial charge on any atom is 0.127 e. The molecule has 0 saturated carbocycles. The zero-order chi connectivity index (χ0) is 5.11. The molecule has 36 valence electrons. The highest BCUT2D eigenvalue weighted by molar-refractivity contribution is 7.40. The molecule has 0 unspecified atom stereocenters. The van der Waals surface area contributed by atoms with Gasteiger partial charge < -0.3 is 4.89 Å². The zero-order valence-electron chi connectivity index (χ0n) is 3.61. The Morgan fingerprint density at radius 2 is 1.86 bits per heavy atom. The lowest BCUT2D eigenvalue weighted by Crippen LogP contribution is -1.80. The summed E-state index contributed by atoms with van der Waals surface area (Å²) >= 11 is 0. The monoisotopic (exact) mass is 113 g/mol. The van der Waals surface area contributed by atoms with Crippen molar-refractivity contribution in [1.29, 1.82) is 0 Å². The molecule has 1 aromatic rings. The van der Waals surface area contributed by atoms with E-state index in [9.17, 15) is 4.89 Å². The van der Waals surface area contributed by atoms with Gasteiger partial charge in [-0.2, -0.15) is 0 Å². The van der Waals surface area contributed by atoms with Crippen molar-refractivity contribution >= 4 is 7.76 Å². The van der Waals surface area contributed by atoms with Gasteiger partial charge in [-0.05, 0) is 0 Å². The summed E-state index contributed by atoms with van der Waals surface area (Å²) in [7, 11) is -1.20. The van der Waals surface area contributed by atoms with E-state index < -0.39 is 7.76 Å². The summed E-state index contributed by atoms with van der Waals surface area (Å²) in [5, 5.41) is 0. The van der Waals surface area contributed by atoms with Crippen LogP contribution in [-0.4, -0.2) is 4.98 Å². The van der Waals surface area contributed by atoms with Crippen LogP contribution in [0.2, 0.25) is 0 Å². The molecule has 0 amide bonds. The fourth-order valence-corrected chi connectivity index (χ4v) is 0.824. The maximum absolute atomic E-state index is 10.4. The van der Waals surface area contributed by atoms with Crippen LogP contribution >= 0.6 is 7.76 Å². The topological polar surface area (TPSA) is 36.0 Å². The van der Waals surface area contributed by atoms with Gasteiger partial charge in [0.05, 0.1) is 20.2 Å². The fraction of sp³-hybridized carbons (Fsp3) is 0. The fourth-order valence-electron chi connectivity index (χ4n) is 0.308. The maximum atomic E-state index is 10.4. The first-order chi connectivity index (χ1) is 3.39. The summed E-state index contributed by atoms with van der Waals surface area (Å²) in [5.74, 6) is 3.13. The third-order valence-electron chi connectivity index (χ3n) is 0.599. The molecule has 0 N–H and O–H groups in total. The first-order valence-corrected chi connectivity index (χ1v) is 3.28. The molecular formula is C4H4NOP.